The van der Waals surface area contributed by atoms with E-state index in [0.717, 1.165) is 35.0 Å². The molecule has 2 N–H and O–H groups in total. The monoisotopic (exact) mass is 273 g/mol. The van der Waals surface area contributed by atoms with Gasteiger partial charge in [0.15, 0.2) is 0 Å². The van der Waals surface area contributed by atoms with Crippen LogP contribution in [0.3, 0.4) is 0 Å². The molecule has 2 aromatic rings. The molecular weight excluding hydrogens is 250 g/mol. The quantitative estimate of drug-likeness (QED) is 0.910. The summed E-state index contributed by atoms with van der Waals surface area (Å²) >= 11 is 0. The summed E-state index contributed by atoms with van der Waals surface area (Å²) in [5, 5.41) is 0. The van der Waals surface area contributed by atoms with E-state index >= 15 is 0 Å². The van der Waals surface area contributed by atoms with Crippen molar-refractivity contribution in [3.05, 3.63) is 35.7 Å². The van der Waals surface area contributed by atoms with Crippen molar-refractivity contribution in [1.29, 1.82) is 0 Å². The Morgan fingerprint density at radius 1 is 1.35 bits per heavy atom. The minimum absolute atomic E-state index is 0.540. The lowest BCUT2D eigenvalue weighted by atomic mass is 10.1. The minimum atomic E-state index is 0.540. The van der Waals surface area contributed by atoms with Gasteiger partial charge in [0.2, 0.25) is 0 Å². The summed E-state index contributed by atoms with van der Waals surface area (Å²) in [5.74, 6) is 2.24. The maximum Gasteiger partial charge on any atom is 0.131 e. The molecule has 0 aliphatic heterocycles. The Bertz CT molecular complexity index is 587. The van der Waals surface area contributed by atoms with Crippen LogP contribution >= 0.6 is 0 Å². The largest absolute Gasteiger partial charge is 0.383 e. The first-order chi connectivity index (χ1) is 9.52. The average Bonchev–Trinajstić information content (AvgIpc) is 2.67. The predicted molar refractivity (Wildman–Crippen MR) is 82.4 cm³/mol. The van der Waals surface area contributed by atoms with Crippen molar-refractivity contribution in [1.82, 2.24) is 9.55 Å². The average molecular weight is 273 g/mol. The van der Waals surface area contributed by atoms with Crippen molar-refractivity contribution in [2.75, 3.05) is 12.8 Å². The molecule has 0 bridgehead atoms. The summed E-state index contributed by atoms with van der Waals surface area (Å²) in [4.78, 5) is 4.63. The molecule has 0 atom stereocenters. The highest BCUT2D eigenvalue weighted by molar-refractivity contribution is 5.71. The van der Waals surface area contributed by atoms with E-state index in [4.69, 9.17) is 10.5 Å². The summed E-state index contributed by atoms with van der Waals surface area (Å²) in [6.07, 6.45) is 0. The molecule has 108 valence electrons. The summed E-state index contributed by atoms with van der Waals surface area (Å²) in [6, 6.07) is 8.18. The van der Waals surface area contributed by atoms with Crippen molar-refractivity contribution < 1.29 is 4.74 Å². The van der Waals surface area contributed by atoms with Gasteiger partial charge in [-0.2, -0.15) is 0 Å². The number of methoxy groups -OCH3 is 1. The van der Waals surface area contributed by atoms with E-state index in [9.17, 15) is 0 Å². The first kappa shape index (κ1) is 14.6. The van der Waals surface area contributed by atoms with Crippen molar-refractivity contribution in [2.45, 2.75) is 33.9 Å². The van der Waals surface area contributed by atoms with Crippen LogP contribution in [0.25, 0.3) is 11.3 Å². The number of hydrogen-bond acceptors (Lipinski definition) is 3. The molecule has 4 nitrogen and oxygen atoms in total. The zero-order chi connectivity index (χ0) is 14.7. The molecule has 0 aliphatic rings. The van der Waals surface area contributed by atoms with E-state index < -0.39 is 0 Å². The fourth-order valence-corrected chi connectivity index (χ4v) is 2.36. The highest BCUT2D eigenvalue weighted by atomic mass is 16.5. The number of rotatable bonds is 5. The van der Waals surface area contributed by atoms with Gasteiger partial charge in [-0.05, 0) is 24.5 Å². The number of nitrogens with zero attached hydrogens (tertiary/aromatic N) is 2. The summed E-state index contributed by atoms with van der Waals surface area (Å²) in [6.45, 7) is 7.85. The van der Waals surface area contributed by atoms with E-state index in [1.807, 2.05) is 25.1 Å². The maximum atomic E-state index is 6.28. The molecule has 0 saturated carbocycles. The minimum Gasteiger partial charge on any atom is -0.383 e. The molecule has 4 heteroatoms. The molecule has 0 amide bonds. The Morgan fingerprint density at radius 2 is 2.10 bits per heavy atom. The summed E-state index contributed by atoms with van der Waals surface area (Å²) in [5.41, 5.74) is 9.31. The first-order valence-corrected chi connectivity index (χ1v) is 6.93. The number of aromatic nitrogens is 2. The van der Waals surface area contributed by atoms with Crippen LogP contribution < -0.4 is 5.73 Å². The molecule has 0 unspecified atom stereocenters. The highest BCUT2D eigenvalue weighted by Crippen LogP contribution is 2.27. The molecular formula is C16H23N3O. The van der Waals surface area contributed by atoms with Gasteiger partial charge in [0.1, 0.15) is 17.3 Å². The summed E-state index contributed by atoms with van der Waals surface area (Å²) < 4.78 is 7.26. The Hall–Kier alpha value is -1.81. The Labute approximate surface area is 120 Å². The SMILES string of the molecule is COCc1cccc(-c2nc(C)n(CC(C)C)c2N)c1. The van der Waals surface area contributed by atoms with Crippen LogP contribution in [0.2, 0.25) is 0 Å². The topological polar surface area (TPSA) is 53.1 Å². The number of hydrogen-bond donors (Lipinski definition) is 1. The number of benzene rings is 1. The number of ether oxygens (including phenoxy) is 1. The lowest BCUT2D eigenvalue weighted by Crippen LogP contribution is -2.09. The van der Waals surface area contributed by atoms with Gasteiger partial charge in [0, 0.05) is 19.2 Å². The molecule has 0 fully saturated rings. The van der Waals surface area contributed by atoms with Crippen molar-refractivity contribution >= 4 is 5.82 Å². The van der Waals surface area contributed by atoms with Gasteiger partial charge in [0.25, 0.3) is 0 Å². The van der Waals surface area contributed by atoms with Crippen molar-refractivity contribution in [3.8, 4) is 11.3 Å². The second-order valence-electron chi connectivity index (χ2n) is 5.53. The third kappa shape index (κ3) is 3.02. The third-order valence-electron chi connectivity index (χ3n) is 3.26. The van der Waals surface area contributed by atoms with E-state index in [-0.39, 0.29) is 0 Å². The normalized spacial score (nSPS) is 11.2. The van der Waals surface area contributed by atoms with Gasteiger partial charge in [-0.15, -0.1) is 0 Å². The van der Waals surface area contributed by atoms with E-state index in [1.165, 1.54) is 0 Å². The highest BCUT2D eigenvalue weighted by Gasteiger charge is 2.14. The van der Waals surface area contributed by atoms with Gasteiger partial charge in [-0.1, -0.05) is 32.0 Å². The van der Waals surface area contributed by atoms with Crippen LogP contribution in [0, 0.1) is 12.8 Å². The number of nitrogen functional groups attached to an aromatic ring is 1. The number of nitrogens with two attached hydrogens (primary N) is 1. The van der Waals surface area contributed by atoms with Crippen LogP contribution in [0.1, 0.15) is 25.2 Å². The van der Waals surface area contributed by atoms with Gasteiger partial charge in [-0.3, -0.25) is 0 Å². The molecule has 2 rings (SSSR count). The lowest BCUT2D eigenvalue weighted by Gasteiger charge is -2.10. The Balaban J connectivity index is 2.40. The Kier molecular flexibility index (Phi) is 4.45. The van der Waals surface area contributed by atoms with Crippen molar-refractivity contribution in [2.24, 2.45) is 5.92 Å². The number of anilines is 1. The second-order valence-corrected chi connectivity index (χ2v) is 5.53. The smallest absolute Gasteiger partial charge is 0.131 e. The fourth-order valence-electron chi connectivity index (χ4n) is 2.36. The molecule has 1 aromatic carbocycles. The van der Waals surface area contributed by atoms with Crippen LogP contribution in [0.4, 0.5) is 5.82 Å². The molecule has 0 radical (unpaired) electrons. The molecule has 20 heavy (non-hydrogen) atoms. The fraction of sp³-hybridized carbons (Fsp3) is 0.438. The maximum absolute atomic E-state index is 6.28. The molecule has 1 heterocycles. The molecule has 0 spiro atoms. The van der Waals surface area contributed by atoms with Crippen LogP contribution in [-0.4, -0.2) is 16.7 Å². The number of aryl methyl sites for hydroxylation is 1. The summed E-state index contributed by atoms with van der Waals surface area (Å²) in [7, 11) is 1.70. The lowest BCUT2D eigenvalue weighted by molar-refractivity contribution is 0.185. The number of imidazole rings is 1. The molecule has 0 saturated heterocycles. The zero-order valence-corrected chi connectivity index (χ0v) is 12.7. The molecule has 0 aliphatic carbocycles. The van der Waals surface area contributed by atoms with Gasteiger partial charge in [0.05, 0.1) is 6.61 Å². The van der Waals surface area contributed by atoms with Crippen LogP contribution in [0.15, 0.2) is 24.3 Å². The first-order valence-electron chi connectivity index (χ1n) is 6.93. The van der Waals surface area contributed by atoms with Gasteiger partial charge in [-0.25, -0.2) is 4.98 Å². The van der Waals surface area contributed by atoms with Gasteiger partial charge < -0.3 is 15.0 Å². The standard InChI is InChI=1S/C16H23N3O/c1-11(2)9-19-12(3)18-15(16(19)17)14-7-5-6-13(8-14)10-20-4/h5-8,11H,9-10,17H2,1-4H3. The van der Waals surface area contributed by atoms with Crippen LogP contribution in [-0.2, 0) is 17.9 Å². The van der Waals surface area contributed by atoms with E-state index in [0.29, 0.717) is 12.5 Å². The Morgan fingerprint density at radius 3 is 2.75 bits per heavy atom. The predicted octanol–water partition coefficient (Wildman–Crippen LogP) is 3.24. The van der Waals surface area contributed by atoms with E-state index in [2.05, 4.69) is 29.5 Å². The van der Waals surface area contributed by atoms with E-state index in [1.54, 1.807) is 7.11 Å². The van der Waals surface area contributed by atoms with Gasteiger partial charge >= 0.3 is 0 Å². The zero-order valence-electron chi connectivity index (χ0n) is 12.7. The van der Waals surface area contributed by atoms with Crippen LogP contribution in [0.5, 0.6) is 0 Å². The van der Waals surface area contributed by atoms with Crippen molar-refractivity contribution in [3.63, 3.8) is 0 Å². The molecule has 1 aromatic heterocycles. The third-order valence-corrected chi connectivity index (χ3v) is 3.26. The second kappa shape index (κ2) is 6.09.